The van der Waals surface area contributed by atoms with Gasteiger partial charge < -0.3 is 9.64 Å². The number of hydrogen-bond acceptors (Lipinski definition) is 4. The average Bonchev–Trinajstić information content (AvgIpc) is 3.23. The topological polar surface area (TPSA) is 48.3 Å². The summed E-state index contributed by atoms with van der Waals surface area (Å²) in [7, 11) is 1.80. The first-order chi connectivity index (χ1) is 9.09. The lowest BCUT2D eigenvalue weighted by Gasteiger charge is -2.38. The number of piperidine rings is 1. The lowest BCUT2D eigenvalue weighted by atomic mass is 9.92. The molecule has 2 rings (SSSR count). The van der Waals surface area contributed by atoms with Crippen molar-refractivity contribution in [1.82, 2.24) is 10.2 Å². The van der Waals surface area contributed by atoms with Crippen molar-refractivity contribution >= 4 is 0 Å². The van der Waals surface area contributed by atoms with E-state index in [4.69, 9.17) is 4.74 Å². The number of methoxy groups -OCH3 is 1. The van der Waals surface area contributed by atoms with E-state index in [0.717, 1.165) is 32.5 Å². The van der Waals surface area contributed by atoms with E-state index in [-0.39, 0.29) is 5.54 Å². The Morgan fingerprint density at radius 3 is 2.37 bits per heavy atom. The van der Waals surface area contributed by atoms with Crippen LogP contribution in [0.25, 0.3) is 0 Å². The summed E-state index contributed by atoms with van der Waals surface area (Å²) in [5, 5.41) is 13.2. The zero-order chi connectivity index (χ0) is 13.9. The van der Waals surface area contributed by atoms with Gasteiger partial charge >= 0.3 is 0 Å². The number of nitriles is 1. The van der Waals surface area contributed by atoms with Gasteiger partial charge in [0, 0.05) is 32.8 Å². The van der Waals surface area contributed by atoms with Gasteiger partial charge in [-0.05, 0) is 45.4 Å². The molecule has 0 radical (unpaired) electrons. The largest absolute Gasteiger partial charge is 0.381 e. The fourth-order valence-electron chi connectivity index (χ4n) is 3.20. The van der Waals surface area contributed by atoms with E-state index in [9.17, 15) is 5.26 Å². The molecule has 0 amide bonds. The molecule has 4 nitrogen and oxygen atoms in total. The Kier molecular flexibility index (Phi) is 4.83. The molecule has 0 spiro atoms. The molecule has 19 heavy (non-hydrogen) atoms. The third-order valence-corrected chi connectivity index (χ3v) is 4.36. The summed E-state index contributed by atoms with van der Waals surface area (Å²) in [6.07, 6.45) is 4.98. The Bertz CT molecular complexity index is 327. The van der Waals surface area contributed by atoms with Crippen molar-refractivity contribution in [3.05, 3.63) is 0 Å². The van der Waals surface area contributed by atoms with Crippen LogP contribution in [0.15, 0.2) is 0 Å². The predicted molar refractivity (Wildman–Crippen MR) is 75.8 cm³/mol. The number of rotatable bonds is 6. The Balaban J connectivity index is 1.95. The summed E-state index contributed by atoms with van der Waals surface area (Å²) >= 11 is 0. The van der Waals surface area contributed by atoms with E-state index in [1.54, 1.807) is 7.11 Å². The molecule has 1 aliphatic carbocycles. The first-order valence-electron chi connectivity index (χ1n) is 7.53. The van der Waals surface area contributed by atoms with Gasteiger partial charge in [-0.1, -0.05) is 0 Å². The van der Waals surface area contributed by atoms with Gasteiger partial charge in [-0.3, -0.25) is 5.32 Å². The number of hydrogen-bond donors (Lipinski definition) is 1. The van der Waals surface area contributed by atoms with Gasteiger partial charge in [0.2, 0.25) is 0 Å². The van der Waals surface area contributed by atoms with Gasteiger partial charge in [-0.25, -0.2) is 0 Å². The third kappa shape index (κ3) is 3.68. The van der Waals surface area contributed by atoms with Crippen LogP contribution in [0.5, 0.6) is 0 Å². The van der Waals surface area contributed by atoms with Crippen LogP contribution in [0.2, 0.25) is 0 Å². The van der Waals surface area contributed by atoms with Crippen molar-refractivity contribution in [3.63, 3.8) is 0 Å². The van der Waals surface area contributed by atoms with Crippen LogP contribution in [-0.4, -0.2) is 49.3 Å². The minimum absolute atomic E-state index is 0.339. The highest BCUT2D eigenvalue weighted by molar-refractivity contribution is 5.17. The zero-order valence-corrected chi connectivity index (χ0v) is 12.5. The molecule has 1 saturated carbocycles. The molecular weight excluding hydrogens is 238 g/mol. The molecule has 2 fully saturated rings. The maximum Gasteiger partial charge on any atom is 0.122 e. The Labute approximate surface area is 117 Å². The van der Waals surface area contributed by atoms with E-state index in [0.29, 0.717) is 18.1 Å². The second kappa shape index (κ2) is 6.21. The highest BCUT2D eigenvalue weighted by atomic mass is 16.5. The summed E-state index contributed by atoms with van der Waals surface area (Å²) in [5.41, 5.74) is -0.339. The molecule has 1 heterocycles. The third-order valence-electron chi connectivity index (χ3n) is 4.36. The van der Waals surface area contributed by atoms with Crippen LogP contribution in [0.3, 0.4) is 0 Å². The zero-order valence-electron chi connectivity index (χ0n) is 12.5. The van der Waals surface area contributed by atoms with Crippen LogP contribution in [0, 0.1) is 17.2 Å². The lowest BCUT2D eigenvalue weighted by molar-refractivity contribution is 0.0333. The molecule has 1 atom stereocenters. The molecule has 1 unspecified atom stereocenters. The van der Waals surface area contributed by atoms with E-state index >= 15 is 0 Å². The minimum Gasteiger partial charge on any atom is -0.381 e. The second-order valence-corrected chi connectivity index (χ2v) is 6.37. The summed E-state index contributed by atoms with van der Waals surface area (Å²) in [6.45, 7) is 7.23. The molecule has 2 aliphatic rings. The number of nitrogens with one attached hydrogen (secondary N) is 1. The van der Waals surface area contributed by atoms with Gasteiger partial charge in [0.1, 0.15) is 5.54 Å². The van der Waals surface area contributed by atoms with Crippen LogP contribution in [0.1, 0.15) is 39.5 Å². The van der Waals surface area contributed by atoms with Gasteiger partial charge in [-0.15, -0.1) is 0 Å². The molecule has 108 valence electrons. The molecule has 0 aromatic heterocycles. The van der Waals surface area contributed by atoms with E-state index in [1.165, 1.54) is 12.8 Å². The molecule has 0 bridgehead atoms. The molecule has 1 aliphatic heterocycles. The fraction of sp³-hybridized carbons (Fsp3) is 0.933. The fourth-order valence-corrected chi connectivity index (χ4v) is 3.20. The summed E-state index contributed by atoms with van der Waals surface area (Å²) in [6, 6.07) is 2.96. The van der Waals surface area contributed by atoms with Gasteiger partial charge in [0.05, 0.1) is 12.2 Å². The monoisotopic (exact) mass is 265 g/mol. The first-order valence-corrected chi connectivity index (χ1v) is 7.53. The van der Waals surface area contributed by atoms with E-state index < -0.39 is 0 Å². The quantitative estimate of drug-likeness (QED) is 0.795. The van der Waals surface area contributed by atoms with Gasteiger partial charge in [0.25, 0.3) is 0 Å². The second-order valence-electron chi connectivity index (χ2n) is 6.37. The van der Waals surface area contributed by atoms with Crippen LogP contribution < -0.4 is 5.32 Å². The number of likely N-dealkylation sites (tertiary alicyclic amines) is 1. The molecule has 1 N–H and O–H groups in total. The lowest BCUT2D eigenvalue weighted by Crippen LogP contribution is -2.57. The standard InChI is InChI=1S/C15H27N3O/c1-12(2)17-15(10-16,13-4-5-13)11-18-8-6-14(19-3)7-9-18/h12-14,17H,4-9,11H2,1-3H3. The van der Waals surface area contributed by atoms with E-state index in [2.05, 4.69) is 30.1 Å². The average molecular weight is 265 g/mol. The molecule has 1 saturated heterocycles. The normalized spacial score (nSPS) is 25.2. The predicted octanol–water partition coefficient (Wildman–Crippen LogP) is 1.77. The van der Waals surface area contributed by atoms with Gasteiger partial charge in [-0.2, -0.15) is 5.26 Å². The van der Waals surface area contributed by atoms with E-state index in [1.807, 2.05) is 0 Å². The maximum atomic E-state index is 9.70. The van der Waals surface area contributed by atoms with Crippen LogP contribution >= 0.6 is 0 Å². The number of ether oxygens (including phenoxy) is 1. The number of nitrogens with zero attached hydrogens (tertiary/aromatic N) is 2. The summed E-state index contributed by atoms with van der Waals surface area (Å²) in [5.74, 6) is 0.542. The van der Waals surface area contributed by atoms with Crippen molar-refractivity contribution in [1.29, 1.82) is 5.26 Å². The molecular formula is C15H27N3O. The Morgan fingerprint density at radius 1 is 1.32 bits per heavy atom. The Hall–Kier alpha value is -0.630. The Morgan fingerprint density at radius 2 is 1.95 bits per heavy atom. The summed E-state index contributed by atoms with van der Waals surface area (Å²) < 4.78 is 5.41. The highest BCUT2D eigenvalue weighted by Crippen LogP contribution is 2.40. The van der Waals surface area contributed by atoms with Gasteiger partial charge in [0.15, 0.2) is 0 Å². The van der Waals surface area contributed by atoms with Crippen molar-refractivity contribution in [2.75, 3.05) is 26.7 Å². The maximum absolute atomic E-state index is 9.70. The van der Waals surface area contributed by atoms with Crippen molar-refractivity contribution < 1.29 is 4.74 Å². The highest BCUT2D eigenvalue weighted by Gasteiger charge is 2.47. The first kappa shape index (κ1) is 14.8. The summed E-state index contributed by atoms with van der Waals surface area (Å²) in [4.78, 5) is 2.44. The molecule has 0 aromatic carbocycles. The molecule has 4 heteroatoms. The van der Waals surface area contributed by atoms with Crippen molar-refractivity contribution in [2.24, 2.45) is 5.92 Å². The minimum atomic E-state index is -0.339. The van der Waals surface area contributed by atoms with Crippen LogP contribution in [0.4, 0.5) is 0 Å². The van der Waals surface area contributed by atoms with Crippen molar-refractivity contribution in [3.8, 4) is 6.07 Å². The molecule has 0 aromatic rings. The van der Waals surface area contributed by atoms with Crippen molar-refractivity contribution in [2.45, 2.75) is 57.2 Å². The smallest absolute Gasteiger partial charge is 0.122 e. The SMILES string of the molecule is COC1CCN(CC(C#N)(NC(C)C)C2CC2)CC1. The van der Waals surface area contributed by atoms with Crippen LogP contribution in [-0.2, 0) is 4.74 Å².